The lowest BCUT2D eigenvalue weighted by molar-refractivity contribution is -0.137. The zero-order valence-electron chi connectivity index (χ0n) is 8.09. The van der Waals surface area contributed by atoms with Gasteiger partial charge in [-0.1, -0.05) is 12.1 Å². The SMILES string of the molecule is Cl.NC/C(=C/F)c1cccc(C(F)(F)F)c1. The van der Waals surface area contributed by atoms with E-state index >= 15 is 0 Å². The van der Waals surface area contributed by atoms with Crippen molar-refractivity contribution in [2.45, 2.75) is 6.18 Å². The van der Waals surface area contributed by atoms with E-state index in [4.69, 9.17) is 5.73 Å². The number of hydrogen-bond acceptors (Lipinski definition) is 1. The largest absolute Gasteiger partial charge is 0.416 e. The van der Waals surface area contributed by atoms with Crippen molar-refractivity contribution in [3.63, 3.8) is 0 Å². The zero-order chi connectivity index (χ0) is 11.5. The fraction of sp³-hybridized carbons (Fsp3) is 0.200. The lowest BCUT2D eigenvalue weighted by Crippen LogP contribution is -2.07. The standard InChI is InChI=1S/C10H9F4N.ClH/c11-5-8(6-15)7-2-1-3-9(4-7)10(12,13)14;/h1-5H,6,15H2;1H/b8-5-;. The number of halogens is 5. The highest BCUT2D eigenvalue weighted by Gasteiger charge is 2.30. The topological polar surface area (TPSA) is 26.0 Å². The maximum atomic E-state index is 12.3. The molecule has 0 atom stereocenters. The van der Waals surface area contributed by atoms with E-state index in [0.717, 1.165) is 12.1 Å². The highest BCUT2D eigenvalue weighted by molar-refractivity contribution is 5.85. The van der Waals surface area contributed by atoms with Gasteiger partial charge >= 0.3 is 6.18 Å². The quantitative estimate of drug-likeness (QED) is 0.806. The van der Waals surface area contributed by atoms with Crippen LogP contribution in [0.25, 0.3) is 5.57 Å². The molecule has 0 aliphatic carbocycles. The molecule has 90 valence electrons. The van der Waals surface area contributed by atoms with Gasteiger partial charge in [0.05, 0.1) is 11.9 Å². The van der Waals surface area contributed by atoms with Crippen LogP contribution in [-0.4, -0.2) is 6.54 Å². The Labute approximate surface area is 96.4 Å². The predicted octanol–water partition coefficient (Wildman–Crippen LogP) is 3.40. The van der Waals surface area contributed by atoms with E-state index in [1.165, 1.54) is 12.1 Å². The van der Waals surface area contributed by atoms with Crippen LogP contribution in [0.3, 0.4) is 0 Å². The summed E-state index contributed by atoms with van der Waals surface area (Å²) in [5, 5.41) is 0. The van der Waals surface area contributed by atoms with E-state index in [-0.39, 0.29) is 36.4 Å². The Bertz CT molecular complexity index is 373. The lowest BCUT2D eigenvalue weighted by atomic mass is 10.0. The van der Waals surface area contributed by atoms with Crippen molar-refractivity contribution in [3.8, 4) is 0 Å². The van der Waals surface area contributed by atoms with Crippen LogP contribution >= 0.6 is 12.4 Å². The molecule has 0 saturated heterocycles. The molecular weight excluding hydrogens is 246 g/mol. The van der Waals surface area contributed by atoms with Crippen LogP contribution < -0.4 is 5.73 Å². The Hall–Kier alpha value is -1.07. The average molecular weight is 256 g/mol. The van der Waals surface area contributed by atoms with Crippen LogP contribution in [0, 0.1) is 0 Å². The number of benzene rings is 1. The van der Waals surface area contributed by atoms with E-state index < -0.39 is 11.7 Å². The minimum Gasteiger partial charge on any atom is -0.326 e. The minimum absolute atomic E-state index is 0. The van der Waals surface area contributed by atoms with E-state index in [0.29, 0.717) is 0 Å². The summed E-state index contributed by atoms with van der Waals surface area (Å²) < 4.78 is 49.1. The summed E-state index contributed by atoms with van der Waals surface area (Å²) in [7, 11) is 0. The van der Waals surface area contributed by atoms with Gasteiger partial charge in [0.2, 0.25) is 0 Å². The summed E-state index contributed by atoms with van der Waals surface area (Å²) in [6, 6.07) is 4.40. The van der Waals surface area contributed by atoms with Crippen LogP contribution in [0.1, 0.15) is 11.1 Å². The highest BCUT2D eigenvalue weighted by Crippen LogP contribution is 2.30. The normalized spacial score (nSPS) is 12.2. The van der Waals surface area contributed by atoms with Crippen LogP contribution in [0.4, 0.5) is 17.6 Å². The lowest BCUT2D eigenvalue weighted by Gasteiger charge is -2.09. The first-order valence-corrected chi connectivity index (χ1v) is 4.16. The molecule has 0 radical (unpaired) electrons. The third kappa shape index (κ3) is 3.50. The zero-order valence-corrected chi connectivity index (χ0v) is 8.91. The summed E-state index contributed by atoms with van der Waals surface area (Å²) in [5.41, 5.74) is 4.56. The maximum Gasteiger partial charge on any atom is 0.416 e. The second kappa shape index (κ2) is 5.86. The molecule has 1 aromatic carbocycles. The molecule has 0 heterocycles. The van der Waals surface area contributed by atoms with Crippen LogP contribution in [0.15, 0.2) is 30.6 Å². The van der Waals surface area contributed by atoms with Crippen LogP contribution in [-0.2, 0) is 6.18 Å². The second-order valence-electron chi connectivity index (χ2n) is 2.92. The van der Waals surface area contributed by atoms with Gasteiger partial charge < -0.3 is 5.73 Å². The average Bonchev–Trinajstić information content (AvgIpc) is 2.19. The van der Waals surface area contributed by atoms with E-state index in [1.807, 2.05) is 0 Å². The summed E-state index contributed by atoms with van der Waals surface area (Å²) >= 11 is 0. The van der Waals surface area contributed by atoms with Crippen molar-refractivity contribution in [3.05, 3.63) is 41.7 Å². The van der Waals surface area contributed by atoms with Gasteiger partial charge in [0.25, 0.3) is 0 Å². The van der Waals surface area contributed by atoms with Crippen LogP contribution in [0.5, 0.6) is 0 Å². The molecule has 0 saturated carbocycles. The van der Waals surface area contributed by atoms with Gasteiger partial charge in [-0.15, -0.1) is 12.4 Å². The van der Waals surface area contributed by atoms with Gasteiger partial charge in [-0.3, -0.25) is 0 Å². The molecule has 6 heteroatoms. The first kappa shape index (κ1) is 14.9. The summed E-state index contributed by atoms with van der Waals surface area (Å²) in [6.07, 6.45) is -4.21. The molecule has 0 aliphatic rings. The molecular formula is C10H10ClF4N. The maximum absolute atomic E-state index is 12.3. The molecule has 2 N–H and O–H groups in total. The third-order valence-corrected chi connectivity index (χ3v) is 1.91. The van der Waals surface area contributed by atoms with Gasteiger partial charge in [-0.25, -0.2) is 4.39 Å². The number of nitrogens with two attached hydrogens (primary N) is 1. The Balaban J connectivity index is 0.00000225. The first-order chi connectivity index (χ1) is 6.99. The fourth-order valence-electron chi connectivity index (χ4n) is 1.12. The number of hydrogen-bond donors (Lipinski definition) is 1. The van der Waals surface area contributed by atoms with Crippen molar-refractivity contribution < 1.29 is 17.6 Å². The molecule has 0 aromatic heterocycles. The van der Waals surface area contributed by atoms with Gasteiger partial charge in [0, 0.05) is 12.1 Å². The summed E-state index contributed by atoms with van der Waals surface area (Å²) in [6.45, 7) is -0.141. The molecule has 0 amide bonds. The molecule has 0 unspecified atom stereocenters. The van der Waals surface area contributed by atoms with Crippen molar-refractivity contribution >= 4 is 18.0 Å². The van der Waals surface area contributed by atoms with Crippen molar-refractivity contribution in [1.82, 2.24) is 0 Å². The second-order valence-corrected chi connectivity index (χ2v) is 2.92. The predicted molar refractivity (Wildman–Crippen MR) is 56.8 cm³/mol. The Morgan fingerprint density at radius 1 is 1.31 bits per heavy atom. The summed E-state index contributed by atoms with van der Waals surface area (Å²) in [4.78, 5) is 0. The molecule has 0 bridgehead atoms. The smallest absolute Gasteiger partial charge is 0.326 e. The molecule has 1 aromatic rings. The Morgan fingerprint density at radius 2 is 1.94 bits per heavy atom. The molecule has 16 heavy (non-hydrogen) atoms. The molecule has 0 fully saturated rings. The minimum atomic E-state index is -4.42. The highest BCUT2D eigenvalue weighted by atomic mass is 35.5. The first-order valence-electron chi connectivity index (χ1n) is 4.16. The van der Waals surface area contributed by atoms with Crippen molar-refractivity contribution in [2.75, 3.05) is 6.54 Å². The number of alkyl halides is 3. The molecule has 1 rings (SSSR count). The number of rotatable bonds is 2. The Morgan fingerprint density at radius 3 is 2.38 bits per heavy atom. The molecule has 0 spiro atoms. The molecule has 1 nitrogen and oxygen atoms in total. The van der Waals surface area contributed by atoms with Crippen molar-refractivity contribution in [1.29, 1.82) is 0 Å². The van der Waals surface area contributed by atoms with Crippen LogP contribution in [0.2, 0.25) is 0 Å². The van der Waals surface area contributed by atoms with Gasteiger partial charge in [-0.05, 0) is 17.7 Å². The van der Waals surface area contributed by atoms with Gasteiger partial charge in [0.15, 0.2) is 0 Å². The third-order valence-electron chi connectivity index (χ3n) is 1.91. The van der Waals surface area contributed by atoms with Crippen molar-refractivity contribution in [2.24, 2.45) is 5.73 Å². The van der Waals surface area contributed by atoms with E-state index in [9.17, 15) is 17.6 Å². The summed E-state index contributed by atoms with van der Waals surface area (Å²) in [5.74, 6) is 0. The monoisotopic (exact) mass is 255 g/mol. The fourth-order valence-corrected chi connectivity index (χ4v) is 1.12. The van der Waals surface area contributed by atoms with E-state index in [2.05, 4.69) is 0 Å². The Kier molecular flexibility index (Phi) is 5.47. The van der Waals surface area contributed by atoms with Gasteiger partial charge in [-0.2, -0.15) is 13.2 Å². The van der Waals surface area contributed by atoms with Gasteiger partial charge in [0.1, 0.15) is 0 Å². The van der Waals surface area contributed by atoms with E-state index in [1.54, 1.807) is 0 Å². The molecule has 0 aliphatic heterocycles.